The first-order chi connectivity index (χ1) is 17.7. The van der Waals surface area contributed by atoms with Crippen molar-refractivity contribution in [3.05, 3.63) is 75.4 Å². The van der Waals surface area contributed by atoms with Gasteiger partial charge in [0, 0.05) is 39.8 Å². The second-order valence-electron chi connectivity index (χ2n) is 8.27. The third kappa shape index (κ3) is 6.84. The standard InChI is InChI=1S/C27H27F3N2O4S/c1-4-6-10-23(36-5-2)18-9-7-8-17(24(18)30)22-14-37-27(31-22)32-25(33)16-12-20(28)19(21(29)13-16)11-15(3)26(34)35/h7-9,11-14,23H,4-6,10H2,1-3H3,(H,34,35)(H,31,32,33). The molecule has 0 radical (unpaired) electrons. The molecule has 2 aromatic carbocycles. The van der Waals surface area contributed by atoms with Crippen molar-refractivity contribution in [2.75, 3.05) is 11.9 Å². The number of carboxylic acid groups (broad SMARTS) is 1. The van der Waals surface area contributed by atoms with Crippen LogP contribution in [0.3, 0.4) is 0 Å². The normalized spacial score (nSPS) is 12.4. The lowest BCUT2D eigenvalue weighted by Gasteiger charge is -2.19. The fourth-order valence-corrected chi connectivity index (χ4v) is 4.38. The van der Waals surface area contributed by atoms with Gasteiger partial charge in [0.1, 0.15) is 17.5 Å². The molecule has 2 N–H and O–H groups in total. The molecule has 3 aromatic rings. The summed E-state index contributed by atoms with van der Waals surface area (Å²) in [6.07, 6.45) is 2.99. The zero-order valence-corrected chi connectivity index (χ0v) is 21.4. The number of halogens is 3. The van der Waals surface area contributed by atoms with Gasteiger partial charge in [-0.2, -0.15) is 0 Å². The Balaban J connectivity index is 1.82. The Kier molecular flexibility index (Phi) is 9.60. The third-order valence-corrected chi connectivity index (χ3v) is 6.36. The van der Waals surface area contributed by atoms with Crippen LogP contribution in [0.5, 0.6) is 0 Å². The maximum absolute atomic E-state index is 15.4. The number of unbranched alkanes of at least 4 members (excludes halogenated alkanes) is 1. The summed E-state index contributed by atoms with van der Waals surface area (Å²) < 4.78 is 50.0. The molecule has 0 saturated heterocycles. The summed E-state index contributed by atoms with van der Waals surface area (Å²) in [5.74, 6) is -4.77. The summed E-state index contributed by atoms with van der Waals surface area (Å²) in [4.78, 5) is 27.8. The molecule has 6 nitrogen and oxygen atoms in total. The summed E-state index contributed by atoms with van der Waals surface area (Å²) in [7, 11) is 0. The van der Waals surface area contributed by atoms with Crippen LogP contribution in [0.15, 0.2) is 41.3 Å². The van der Waals surface area contributed by atoms with Gasteiger partial charge in [-0.05, 0) is 44.5 Å². The number of thiazole rings is 1. The van der Waals surface area contributed by atoms with E-state index in [2.05, 4.69) is 17.2 Å². The van der Waals surface area contributed by atoms with Gasteiger partial charge in [-0.1, -0.05) is 31.9 Å². The van der Waals surface area contributed by atoms with E-state index in [1.807, 2.05) is 6.92 Å². The Labute approximate surface area is 216 Å². The van der Waals surface area contributed by atoms with E-state index in [9.17, 15) is 18.4 Å². The average molecular weight is 533 g/mol. The van der Waals surface area contributed by atoms with Crippen molar-refractivity contribution in [2.24, 2.45) is 0 Å². The van der Waals surface area contributed by atoms with Crippen LogP contribution in [0, 0.1) is 17.5 Å². The van der Waals surface area contributed by atoms with E-state index in [1.165, 1.54) is 6.92 Å². The molecule has 1 amide bonds. The van der Waals surface area contributed by atoms with Gasteiger partial charge >= 0.3 is 5.97 Å². The lowest BCUT2D eigenvalue weighted by molar-refractivity contribution is -0.132. The minimum Gasteiger partial charge on any atom is -0.478 e. The molecule has 0 aliphatic rings. The van der Waals surface area contributed by atoms with Crippen LogP contribution in [-0.4, -0.2) is 28.6 Å². The number of ether oxygens (including phenoxy) is 1. The van der Waals surface area contributed by atoms with E-state index in [-0.39, 0.29) is 27.9 Å². The minimum atomic E-state index is -1.32. The van der Waals surface area contributed by atoms with Gasteiger partial charge in [-0.25, -0.2) is 22.9 Å². The molecule has 3 rings (SSSR count). The first-order valence-electron chi connectivity index (χ1n) is 11.7. The zero-order valence-electron chi connectivity index (χ0n) is 20.6. The highest BCUT2D eigenvalue weighted by atomic mass is 32.1. The Hall–Kier alpha value is -3.50. The lowest BCUT2D eigenvalue weighted by Crippen LogP contribution is -2.13. The van der Waals surface area contributed by atoms with Crippen molar-refractivity contribution in [1.29, 1.82) is 0 Å². The second kappa shape index (κ2) is 12.6. The summed E-state index contributed by atoms with van der Waals surface area (Å²) in [5.41, 5.74) is -0.165. The average Bonchev–Trinajstić information content (AvgIpc) is 3.32. The summed E-state index contributed by atoms with van der Waals surface area (Å²) >= 11 is 1.03. The Bertz CT molecular complexity index is 1300. The van der Waals surface area contributed by atoms with E-state index in [0.717, 1.165) is 42.4 Å². The number of aromatic nitrogens is 1. The first kappa shape index (κ1) is 28.1. The molecule has 1 aromatic heterocycles. The monoisotopic (exact) mass is 532 g/mol. The first-order valence-corrected chi connectivity index (χ1v) is 12.6. The van der Waals surface area contributed by atoms with E-state index in [0.29, 0.717) is 24.3 Å². The predicted molar refractivity (Wildman–Crippen MR) is 137 cm³/mol. The highest BCUT2D eigenvalue weighted by Gasteiger charge is 2.21. The largest absolute Gasteiger partial charge is 0.478 e. The van der Waals surface area contributed by atoms with Gasteiger partial charge in [0.15, 0.2) is 5.13 Å². The van der Waals surface area contributed by atoms with Gasteiger partial charge < -0.3 is 9.84 Å². The summed E-state index contributed by atoms with van der Waals surface area (Å²) in [6.45, 7) is 5.55. The fraction of sp³-hybridized carbons (Fsp3) is 0.296. The van der Waals surface area contributed by atoms with Crippen LogP contribution in [0.4, 0.5) is 18.3 Å². The molecular formula is C27H27F3N2O4S. The Morgan fingerprint density at radius 1 is 1.19 bits per heavy atom. The predicted octanol–water partition coefficient (Wildman–Crippen LogP) is 7.24. The highest BCUT2D eigenvalue weighted by Crippen LogP contribution is 2.33. The van der Waals surface area contributed by atoms with E-state index in [1.54, 1.807) is 23.6 Å². The second-order valence-corrected chi connectivity index (χ2v) is 9.13. The minimum absolute atomic E-state index is 0.114. The number of rotatable bonds is 11. The summed E-state index contributed by atoms with van der Waals surface area (Å²) in [6, 6.07) is 6.60. The number of anilines is 1. The molecule has 1 unspecified atom stereocenters. The number of carboxylic acids is 1. The zero-order chi connectivity index (χ0) is 27.1. The van der Waals surface area contributed by atoms with Gasteiger partial charge in [0.05, 0.1) is 11.8 Å². The van der Waals surface area contributed by atoms with Crippen LogP contribution < -0.4 is 5.32 Å². The highest BCUT2D eigenvalue weighted by molar-refractivity contribution is 7.14. The third-order valence-electron chi connectivity index (χ3n) is 5.60. The number of benzene rings is 2. The van der Waals surface area contributed by atoms with Crippen LogP contribution in [0.25, 0.3) is 17.3 Å². The van der Waals surface area contributed by atoms with Crippen LogP contribution in [0.1, 0.15) is 67.6 Å². The van der Waals surface area contributed by atoms with Crippen molar-refractivity contribution in [1.82, 2.24) is 4.98 Å². The Morgan fingerprint density at radius 2 is 1.89 bits per heavy atom. The molecule has 37 heavy (non-hydrogen) atoms. The van der Waals surface area contributed by atoms with Crippen molar-refractivity contribution in [3.8, 4) is 11.3 Å². The number of carbonyl (C=O) groups is 2. The van der Waals surface area contributed by atoms with E-state index < -0.39 is 34.9 Å². The van der Waals surface area contributed by atoms with Gasteiger partial charge in [-0.3, -0.25) is 10.1 Å². The number of amides is 1. The summed E-state index contributed by atoms with van der Waals surface area (Å²) in [5, 5.41) is 13.1. The smallest absolute Gasteiger partial charge is 0.331 e. The van der Waals surface area contributed by atoms with Crippen molar-refractivity contribution < 1.29 is 32.6 Å². The molecule has 1 atom stereocenters. The molecule has 0 aliphatic carbocycles. The Morgan fingerprint density at radius 3 is 2.51 bits per heavy atom. The molecule has 0 spiro atoms. The molecule has 0 bridgehead atoms. The number of nitrogens with zero attached hydrogens (tertiary/aromatic N) is 1. The number of hydrogen-bond acceptors (Lipinski definition) is 5. The molecular weight excluding hydrogens is 505 g/mol. The van der Waals surface area contributed by atoms with Gasteiger partial charge in [0.25, 0.3) is 5.91 Å². The lowest BCUT2D eigenvalue weighted by atomic mass is 9.99. The number of nitrogens with one attached hydrogen (secondary N) is 1. The molecule has 0 fully saturated rings. The van der Waals surface area contributed by atoms with Crippen molar-refractivity contribution in [2.45, 2.75) is 46.1 Å². The maximum Gasteiger partial charge on any atom is 0.331 e. The van der Waals surface area contributed by atoms with E-state index >= 15 is 4.39 Å². The molecule has 1 heterocycles. The molecule has 196 valence electrons. The number of carbonyl (C=O) groups excluding carboxylic acids is 1. The van der Waals surface area contributed by atoms with Gasteiger partial charge in [-0.15, -0.1) is 11.3 Å². The number of aliphatic carboxylic acids is 1. The quantitative estimate of drug-likeness (QED) is 0.254. The van der Waals surface area contributed by atoms with Crippen LogP contribution >= 0.6 is 11.3 Å². The van der Waals surface area contributed by atoms with E-state index in [4.69, 9.17) is 9.84 Å². The van der Waals surface area contributed by atoms with Crippen LogP contribution in [-0.2, 0) is 9.53 Å². The maximum atomic E-state index is 15.4. The van der Waals surface area contributed by atoms with Gasteiger partial charge in [0.2, 0.25) is 0 Å². The molecule has 0 saturated carbocycles. The number of hydrogen-bond donors (Lipinski definition) is 2. The fourth-order valence-electron chi connectivity index (χ4n) is 3.67. The molecule has 10 heteroatoms. The van der Waals surface area contributed by atoms with Crippen LogP contribution in [0.2, 0.25) is 0 Å². The van der Waals surface area contributed by atoms with Crippen molar-refractivity contribution in [3.63, 3.8) is 0 Å². The SMILES string of the molecule is CCCCC(OCC)c1cccc(-c2csc(NC(=O)c3cc(F)c(C=C(C)C(=O)O)c(F)c3)n2)c1F. The molecule has 0 aliphatic heterocycles. The van der Waals surface area contributed by atoms with Crippen molar-refractivity contribution >= 4 is 34.4 Å². The topological polar surface area (TPSA) is 88.5 Å².